The predicted octanol–water partition coefficient (Wildman–Crippen LogP) is 1.35. The summed E-state index contributed by atoms with van der Waals surface area (Å²) in [5, 5.41) is 0. The molecule has 0 unspecified atom stereocenters. The van der Waals surface area contributed by atoms with Gasteiger partial charge in [0.1, 0.15) is 0 Å². The summed E-state index contributed by atoms with van der Waals surface area (Å²) >= 11 is 0. The van der Waals surface area contributed by atoms with Crippen molar-refractivity contribution in [3.05, 3.63) is 0 Å². The van der Waals surface area contributed by atoms with E-state index in [4.69, 9.17) is 9.47 Å². The van der Waals surface area contributed by atoms with Crippen LogP contribution in [0, 0.1) is 0 Å². The minimum atomic E-state index is 0.248. The summed E-state index contributed by atoms with van der Waals surface area (Å²) in [5.41, 5.74) is 0.248. The maximum atomic E-state index is 5.70. The Morgan fingerprint density at radius 2 is 1.70 bits per heavy atom. The van der Waals surface area contributed by atoms with Gasteiger partial charge in [-0.05, 0) is 25.7 Å². The third kappa shape index (κ3) is 1.06. The van der Waals surface area contributed by atoms with Gasteiger partial charge in [-0.15, -0.1) is 0 Å². The Balaban J connectivity index is 1.98. The van der Waals surface area contributed by atoms with Crippen LogP contribution in [-0.4, -0.2) is 25.4 Å². The molecule has 2 heteroatoms. The quantitative estimate of drug-likeness (QED) is 0.508. The highest BCUT2D eigenvalue weighted by atomic mass is 16.5. The van der Waals surface area contributed by atoms with Crippen LogP contribution in [0.1, 0.15) is 25.7 Å². The van der Waals surface area contributed by atoms with Crippen molar-refractivity contribution in [3.63, 3.8) is 0 Å². The first-order valence-corrected chi connectivity index (χ1v) is 4.13. The second-order valence-corrected chi connectivity index (χ2v) is 3.25. The Morgan fingerprint density at radius 3 is 2.30 bits per heavy atom. The van der Waals surface area contributed by atoms with Gasteiger partial charge in [0.05, 0.1) is 5.60 Å². The second-order valence-electron chi connectivity index (χ2n) is 3.25. The molecule has 0 aromatic rings. The fraction of sp³-hybridized carbons (Fsp3) is 1.00. The van der Waals surface area contributed by atoms with Gasteiger partial charge in [-0.3, -0.25) is 0 Å². The van der Waals surface area contributed by atoms with Crippen LogP contribution < -0.4 is 0 Å². The summed E-state index contributed by atoms with van der Waals surface area (Å²) in [6.07, 6.45) is 4.75. The van der Waals surface area contributed by atoms with E-state index in [9.17, 15) is 0 Å². The van der Waals surface area contributed by atoms with E-state index >= 15 is 0 Å². The molecule has 2 nitrogen and oxygen atoms in total. The van der Waals surface area contributed by atoms with Gasteiger partial charge >= 0.3 is 0 Å². The van der Waals surface area contributed by atoms with E-state index in [0.29, 0.717) is 0 Å². The molecule has 0 saturated carbocycles. The highest BCUT2D eigenvalue weighted by molar-refractivity contribution is 4.86. The summed E-state index contributed by atoms with van der Waals surface area (Å²) in [6.45, 7) is 2.78. The van der Waals surface area contributed by atoms with Crippen LogP contribution in [0.15, 0.2) is 0 Å². The Labute approximate surface area is 61.5 Å². The van der Waals surface area contributed by atoms with Crippen molar-refractivity contribution in [3.8, 4) is 0 Å². The zero-order chi connectivity index (χ0) is 6.86. The molecule has 2 rings (SSSR count). The van der Waals surface area contributed by atoms with E-state index < -0.39 is 0 Å². The van der Waals surface area contributed by atoms with Crippen molar-refractivity contribution >= 4 is 0 Å². The predicted molar refractivity (Wildman–Crippen MR) is 38.0 cm³/mol. The van der Waals surface area contributed by atoms with Crippen LogP contribution in [0.5, 0.6) is 0 Å². The van der Waals surface area contributed by atoms with Crippen molar-refractivity contribution in [2.45, 2.75) is 31.3 Å². The fourth-order valence-electron chi connectivity index (χ4n) is 1.89. The molecule has 2 heterocycles. The molecule has 0 aliphatic carbocycles. The number of hydrogen-bond acceptors (Lipinski definition) is 2. The lowest BCUT2D eigenvalue weighted by atomic mass is 9.91. The third-order valence-corrected chi connectivity index (χ3v) is 2.59. The minimum absolute atomic E-state index is 0.248. The fourth-order valence-corrected chi connectivity index (χ4v) is 1.89. The van der Waals surface area contributed by atoms with E-state index in [-0.39, 0.29) is 5.60 Å². The molecule has 1 spiro atoms. The monoisotopic (exact) mass is 142 g/mol. The van der Waals surface area contributed by atoms with Crippen LogP contribution in [-0.2, 0) is 9.47 Å². The van der Waals surface area contributed by atoms with Gasteiger partial charge in [0.2, 0.25) is 0 Å². The third-order valence-electron chi connectivity index (χ3n) is 2.59. The maximum Gasteiger partial charge on any atom is 0.0727 e. The molecule has 2 aliphatic rings. The van der Waals surface area contributed by atoms with E-state index in [2.05, 4.69) is 0 Å². The Kier molecular flexibility index (Phi) is 1.66. The van der Waals surface area contributed by atoms with Gasteiger partial charge in [0, 0.05) is 19.8 Å². The summed E-state index contributed by atoms with van der Waals surface area (Å²) < 4.78 is 11.0. The van der Waals surface area contributed by atoms with Gasteiger partial charge in [-0.25, -0.2) is 0 Å². The van der Waals surface area contributed by atoms with E-state index in [1.165, 1.54) is 12.8 Å². The van der Waals surface area contributed by atoms with E-state index in [0.717, 1.165) is 32.7 Å². The smallest absolute Gasteiger partial charge is 0.0727 e. The lowest BCUT2D eigenvalue weighted by Crippen LogP contribution is -2.35. The highest BCUT2D eigenvalue weighted by Gasteiger charge is 2.36. The average Bonchev–Trinajstić information content (AvgIpc) is 2.39. The Bertz CT molecular complexity index is 108. The molecule has 0 aromatic carbocycles. The summed E-state index contributed by atoms with van der Waals surface area (Å²) in [5.74, 6) is 0. The zero-order valence-corrected chi connectivity index (χ0v) is 6.27. The van der Waals surface area contributed by atoms with Crippen molar-refractivity contribution in [1.82, 2.24) is 0 Å². The summed E-state index contributed by atoms with van der Waals surface area (Å²) in [6, 6.07) is 0. The molecule has 2 saturated heterocycles. The SMILES string of the molecule is C1COC2(C1)CCOCC2. The summed E-state index contributed by atoms with van der Waals surface area (Å²) in [4.78, 5) is 0. The van der Waals surface area contributed by atoms with Crippen LogP contribution >= 0.6 is 0 Å². The van der Waals surface area contributed by atoms with Crippen LogP contribution in [0.25, 0.3) is 0 Å². The first kappa shape index (κ1) is 6.62. The number of hydrogen-bond donors (Lipinski definition) is 0. The largest absolute Gasteiger partial charge is 0.381 e. The highest BCUT2D eigenvalue weighted by Crippen LogP contribution is 2.34. The molecule has 2 fully saturated rings. The molecule has 2 aliphatic heterocycles. The first-order valence-electron chi connectivity index (χ1n) is 4.13. The van der Waals surface area contributed by atoms with Gasteiger partial charge in [-0.1, -0.05) is 0 Å². The molecule has 0 radical (unpaired) electrons. The molecule has 58 valence electrons. The van der Waals surface area contributed by atoms with Crippen LogP contribution in [0.3, 0.4) is 0 Å². The van der Waals surface area contributed by atoms with E-state index in [1.807, 2.05) is 0 Å². The normalized spacial score (nSPS) is 31.2. The van der Waals surface area contributed by atoms with Crippen LogP contribution in [0.4, 0.5) is 0 Å². The lowest BCUT2D eigenvalue weighted by molar-refractivity contribution is -0.0776. The average molecular weight is 142 g/mol. The molecular weight excluding hydrogens is 128 g/mol. The van der Waals surface area contributed by atoms with Gasteiger partial charge in [-0.2, -0.15) is 0 Å². The van der Waals surface area contributed by atoms with Gasteiger partial charge < -0.3 is 9.47 Å². The molecule has 0 N–H and O–H groups in total. The Morgan fingerprint density at radius 1 is 0.900 bits per heavy atom. The lowest BCUT2D eigenvalue weighted by Gasteiger charge is -2.32. The molecule has 10 heavy (non-hydrogen) atoms. The van der Waals surface area contributed by atoms with Crippen molar-refractivity contribution in [2.75, 3.05) is 19.8 Å². The number of ether oxygens (including phenoxy) is 2. The minimum Gasteiger partial charge on any atom is -0.381 e. The second kappa shape index (κ2) is 2.51. The zero-order valence-electron chi connectivity index (χ0n) is 6.27. The van der Waals surface area contributed by atoms with Crippen molar-refractivity contribution in [1.29, 1.82) is 0 Å². The maximum absolute atomic E-state index is 5.70. The van der Waals surface area contributed by atoms with Gasteiger partial charge in [0.25, 0.3) is 0 Å². The molecule has 0 bridgehead atoms. The topological polar surface area (TPSA) is 18.5 Å². The molecular formula is C8H14O2. The summed E-state index contributed by atoms with van der Waals surface area (Å²) in [7, 11) is 0. The van der Waals surface area contributed by atoms with Crippen molar-refractivity contribution in [2.24, 2.45) is 0 Å². The standard InChI is InChI=1S/C8H14O2/c1-2-8(10-5-1)3-6-9-7-4-8/h1-7H2. The molecule has 0 amide bonds. The first-order chi connectivity index (χ1) is 4.91. The Hall–Kier alpha value is -0.0800. The van der Waals surface area contributed by atoms with Crippen LogP contribution in [0.2, 0.25) is 0 Å². The van der Waals surface area contributed by atoms with Crippen molar-refractivity contribution < 1.29 is 9.47 Å². The molecule has 0 aromatic heterocycles. The molecule has 0 atom stereocenters. The van der Waals surface area contributed by atoms with E-state index in [1.54, 1.807) is 0 Å². The van der Waals surface area contributed by atoms with Gasteiger partial charge in [0.15, 0.2) is 0 Å². The number of rotatable bonds is 0.